The van der Waals surface area contributed by atoms with Crippen LogP contribution in [-0.2, 0) is 10.0 Å². The van der Waals surface area contributed by atoms with E-state index >= 15 is 0 Å². The number of aromatic nitrogens is 2. The van der Waals surface area contributed by atoms with Crippen molar-refractivity contribution in [1.82, 2.24) is 14.7 Å². The summed E-state index contributed by atoms with van der Waals surface area (Å²) >= 11 is 5.85. The van der Waals surface area contributed by atoms with Crippen LogP contribution in [0.5, 0.6) is 0 Å². The van der Waals surface area contributed by atoms with Crippen LogP contribution in [-0.4, -0.2) is 31.5 Å². The number of rotatable bonds is 6. The van der Waals surface area contributed by atoms with Crippen molar-refractivity contribution in [3.05, 3.63) is 46.4 Å². The first-order valence-electron chi connectivity index (χ1n) is 7.10. The van der Waals surface area contributed by atoms with Gasteiger partial charge in [-0.2, -0.15) is 0 Å². The normalized spacial score (nSPS) is 11.5. The number of aryl methyl sites for hydroxylation is 3. The number of hydrogen-bond acceptors (Lipinski definition) is 5. The molecule has 2 rings (SSSR count). The van der Waals surface area contributed by atoms with Crippen molar-refractivity contribution in [2.24, 2.45) is 0 Å². The largest absolute Gasteiger partial charge is 0.369 e. The molecule has 0 saturated carbocycles. The van der Waals surface area contributed by atoms with E-state index in [2.05, 4.69) is 20.0 Å². The molecule has 0 aliphatic carbocycles. The van der Waals surface area contributed by atoms with Crippen LogP contribution in [0, 0.1) is 20.8 Å². The predicted molar refractivity (Wildman–Crippen MR) is 91.4 cm³/mol. The molecular formula is C15H19ClN4O2S. The van der Waals surface area contributed by atoms with Crippen LogP contribution in [0.15, 0.2) is 29.2 Å². The van der Waals surface area contributed by atoms with E-state index in [1.165, 1.54) is 0 Å². The van der Waals surface area contributed by atoms with Crippen molar-refractivity contribution in [1.29, 1.82) is 0 Å². The molecule has 1 aromatic carbocycles. The van der Waals surface area contributed by atoms with Crippen molar-refractivity contribution in [2.75, 3.05) is 18.4 Å². The van der Waals surface area contributed by atoms with E-state index in [0.717, 1.165) is 5.56 Å². The molecule has 0 atom stereocenters. The number of hydrogen-bond donors (Lipinski definition) is 2. The highest BCUT2D eigenvalue weighted by Gasteiger charge is 2.16. The molecule has 124 valence electrons. The number of halogens is 1. The summed E-state index contributed by atoms with van der Waals surface area (Å²) in [7, 11) is -3.53. The Hall–Kier alpha value is -1.70. The molecule has 0 saturated heterocycles. The molecular weight excluding hydrogens is 336 g/mol. The van der Waals surface area contributed by atoms with E-state index in [-0.39, 0.29) is 6.54 Å². The van der Waals surface area contributed by atoms with Crippen LogP contribution >= 0.6 is 11.6 Å². The van der Waals surface area contributed by atoms with Crippen LogP contribution in [0.2, 0.25) is 5.15 Å². The summed E-state index contributed by atoms with van der Waals surface area (Å²) in [5.74, 6) is 1.12. The monoisotopic (exact) mass is 354 g/mol. The van der Waals surface area contributed by atoms with Gasteiger partial charge in [0, 0.05) is 19.2 Å². The Morgan fingerprint density at radius 3 is 2.52 bits per heavy atom. The Balaban J connectivity index is 1.96. The molecule has 2 N–H and O–H groups in total. The first kappa shape index (κ1) is 17.7. The lowest BCUT2D eigenvalue weighted by Gasteiger charge is -2.11. The molecule has 0 bridgehead atoms. The summed E-state index contributed by atoms with van der Waals surface area (Å²) in [5, 5.41) is 3.36. The fourth-order valence-corrected chi connectivity index (χ4v) is 3.66. The van der Waals surface area contributed by atoms with E-state index < -0.39 is 10.0 Å². The first-order chi connectivity index (χ1) is 10.8. The zero-order valence-electron chi connectivity index (χ0n) is 13.2. The SMILES string of the molecule is Cc1ccc(C)c(S(=O)(=O)NCCNc2cc(Cl)nc(C)n2)c1. The number of nitrogens with zero attached hydrogens (tertiary/aromatic N) is 2. The van der Waals surface area contributed by atoms with E-state index in [1.54, 1.807) is 32.0 Å². The molecule has 23 heavy (non-hydrogen) atoms. The zero-order chi connectivity index (χ0) is 17.0. The Labute approximate surface area is 141 Å². The van der Waals surface area contributed by atoms with Crippen molar-refractivity contribution < 1.29 is 8.42 Å². The van der Waals surface area contributed by atoms with Crippen molar-refractivity contribution in [3.63, 3.8) is 0 Å². The topological polar surface area (TPSA) is 84.0 Å². The number of sulfonamides is 1. The average molecular weight is 355 g/mol. The zero-order valence-corrected chi connectivity index (χ0v) is 14.8. The quantitative estimate of drug-likeness (QED) is 0.615. The lowest BCUT2D eigenvalue weighted by Crippen LogP contribution is -2.29. The van der Waals surface area contributed by atoms with Crippen LogP contribution in [0.4, 0.5) is 5.82 Å². The second-order valence-corrected chi connectivity index (χ2v) is 7.34. The molecule has 8 heteroatoms. The van der Waals surface area contributed by atoms with Gasteiger partial charge in [-0.1, -0.05) is 23.7 Å². The van der Waals surface area contributed by atoms with E-state index in [0.29, 0.717) is 33.8 Å². The minimum absolute atomic E-state index is 0.233. The number of anilines is 1. The first-order valence-corrected chi connectivity index (χ1v) is 8.96. The van der Waals surface area contributed by atoms with Gasteiger partial charge in [-0.05, 0) is 38.0 Å². The molecule has 1 heterocycles. The molecule has 0 radical (unpaired) electrons. The summed E-state index contributed by atoms with van der Waals surface area (Å²) in [6.07, 6.45) is 0. The smallest absolute Gasteiger partial charge is 0.240 e. The molecule has 6 nitrogen and oxygen atoms in total. The van der Waals surface area contributed by atoms with Gasteiger partial charge in [-0.3, -0.25) is 0 Å². The number of nitrogens with one attached hydrogen (secondary N) is 2. The van der Waals surface area contributed by atoms with Gasteiger partial charge in [0.05, 0.1) is 4.90 Å². The maximum Gasteiger partial charge on any atom is 0.240 e. The minimum atomic E-state index is -3.53. The summed E-state index contributed by atoms with van der Waals surface area (Å²) in [6.45, 7) is 5.99. The van der Waals surface area contributed by atoms with Crippen LogP contribution < -0.4 is 10.0 Å². The van der Waals surface area contributed by atoms with Crippen LogP contribution in [0.1, 0.15) is 17.0 Å². The third-order valence-electron chi connectivity index (χ3n) is 3.16. The van der Waals surface area contributed by atoms with Crippen molar-refractivity contribution in [2.45, 2.75) is 25.7 Å². The average Bonchev–Trinajstić information content (AvgIpc) is 2.45. The molecule has 0 aliphatic heterocycles. The fourth-order valence-electron chi connectivity index (χ4n) is 2.07. The molecule has 0 fully saturated rings. The van der Waals surface area contributed by atoms with Crippen molar-refractivity contribution >= 4 is 27.4 Å². The Morgan fingerprint density at radius 1 is 1.09 bits per heavy atom. The van der Waals surface area contributed by atoms with Crippen molar-refractivity contribution in [3.8, 4) is 0 Å². The molecule has 1 aromatic heterocycles. The predicted octanol–water partition coefficient (Wildman–Crippen LogP) is 2.45. The maximum atomic E-state index is 12.3. The summed E-state index contributed by atoms with van der Waals surface area (Å²) in [5.41, 5.74) is 1.62. The highest BCUT2D eigenvalue weighted by molar-refractivity contribution is 7.89. The second kappa shape index (κ2) is 7.25. The van der Waals surface area contributed by atoms with Gasteiger partial charge < -0.3 is 5.32 Å². The van der Waals surface area contributed by atoms with Crippen LogP contribution in [0.25, 0.3) is 0 Å². The lowest BCUT2D eigenvalue weighted by molar-refractivity contribution is 0.582. The van der Waals surface area contributed by atoms with Gasteiger partial charge in [0.15, 0.2) is 0 Å². The Bertz CT molecular complexity index is 789. The molecule has 0 aliphatic rings. The molecule has 0 amide bonds. The maximum absolute atomic E-state index is 12.3. The van der Waals surface area contributed by atoms with E-state index in [4.69, 9.17) is 11.6 Å². The van der Waals surface area contributed by atoms with Gasteiger partial charge in [-0.25, -0.2) is 23.1 Å². The minimum Gasteiger partial charge on any atom is -0.369 e. The summed E-state index contributed by atoms with van der Waals surface area (Å²) in [4.78, 5) is 8.43. The van der Waals surface area contributed by atoms with E-state index in [1.807, 2.05) is 13.0 Å². The summed E-state index contributed by atoms with van der Waals surface area (Å²) < 4.78 is 27.3. The Morgan fingerprint density at radius 2 is 1.83 bits per heavy atom. The molecule has 2 aromatic rings. The lowest BCUT2D eigenvalue weighted by atomic mass is 10.2. The summed E-state index contributed by atoms with van der Waals surface area (Å²) in [6, 6.07) is 6.94. The van der Waals surface area contributed by atoms with Gasteiger partial charge >= 0.3 is 0 Å². The second-order valence-electron chi connectivity index (χ2n) is 5.22. The highest BCUT2D eigenvalue weighted by atomic mass is 35.5. The third-order valence-corrected chi connectivity index (χ3v) is 4.96. The van der Waals surface area contributed by atoms with Gasteiger partial charge in [0.2, 0.25) is 10.0 Å². The Kier molecular flexibility index (Phi) is 5.56. The highest BCUT2D eigenvalue weighted by Crippen LogP contribution is 2.16. The standard InChI is InChI=1S/C15H19ClN4O2S/c1-10-4-5-11(2)13(8-10)23(21,22)18-7-6-17-15-9-14(16)19-12(3)20-15/h4-5,8-9,18H,6-7H2,1-3H3,(H,17,19,20). The van der Waals surface area contributed by atoms with Gasteiger partial charge in [0.1, 0.15) is 16.8 Å². The van der Waals surface area contributed by atoms with Crippen LogP contribution in [0.3, 0.4) is 0 Å². The number of benzene rings is 1. The fraction of sp³-hybridized carbons (Fsp3) is 0.333. The molecule has 0 unspecified atom stereocenters. The third kappa shape index (κ3) is 4.89. The molecule has 0 spiro atoms. The van der Waals surface area contributed by atoms with Gasteiger partial charge in [0.25, 0.3) is 0 Å². The van der Waals surface area contributed by atoms with Gasteiger partial charge in [-0.15, -0.1) is 0 Å². The van der Waals surface area contributed by atoms with E-state index in [9.17, 15) is 8.42 Å².